The molecule has 1 saturated heterocycles. The normalized spacial score (nSPS) is 27.1. The van der Waals surface area contributed by atoms with Crippen LogP contribution in [0.25, 0.3) is 0 Å². The van der Waals surface area contributed by atoms with Crippen LogP contribution in [0.5, 0.6) is 0 Å². The van der Waals surface area contributed by atoms with Gasteiger partial charge in [0.2, 0.25) is 0 Å². The molecule has 0 aromatic rings. The van der Waals surface area contributed by atoms with Crippen LogP contribution in [0.2, 0.25) is 0 Å². The van der Waals surface area contributed by atoms with Gasteiger partial charge in [0.1, 0.15) is 0 Å². The number of rotatable bonds is 6. The van der Waals surface area contributed by atoms with Gasteiger partial charge in [-0.3, -0.25) is 9.89 Å². The van der Waals surface area contributed by atoms with E-state index in [9.17, 15) is 0 Å². The van der Waals surface area contributed by atoms with Gasteiger partial charge >= 0.3 is 0 Å². The lowest BCUT2D eigenvalue weighted by Crippen LogP contribution is -2.49. The molecule has 1 unspecified atom stereocenters. The molecule has 1 atom stereocenters. The fourth-order valence-corrected chi connectivity index (χ4v) is 4.05. The molecule has 1 heterocycles. The van der Waals surface area contributed by atoms with Gasteiger partial charge < -0.3 is 15.5 Å². The summed E-state index contributed by atoms with van der Waals surface area (Å²) in [6, 6.07) is 1.10. The van der Waals surface area contributed by atoms with Gasteiger partial charge in [0.15, 0.2) is 5.96 Å². The molecular formula is C20H42IN5. The Morgan fingerprint density at radius 3 is 2.19 bits per heavy atom. The Balaban J connectivity index is 0.00000338. The standard InChI is InChI=1S/C20H41N5.HI/c1-6-21-20(23-19-9-7-18(8-10-19)16(2)3)22-15-17(4)25-13-11-24(5)12-14-25;/h16-19H,6-15H2,1-5H3,(H2,21,22,23);1H. The molecule has 26 heavy (non-hydrogen) atoms. The molecule has 5 nitrogen and oxygen atoms in total. The maximum absolute atomic E-state index is 4.89. The second kappa shape index (κ2) is 12.4. The molecule has 2 N–H and O–H groups in total. The minimum absolute atomic E-state index is 0. The van der Waals surface area contributed by atoms with Crippen LogP contribution in [0.15, 0.2) is 4.99 Å². The fraction of sp³-hybridized carbons (Fsp3) is 0.950. The molecule has 1 saturated carbocycles. The van der Waals surface area contributed by atoms with Gasteiger partial charge in [0.05, 0.1) is 6.54 Å². The van der Waals surface area contributed by atoms with Crippen LogP contribution in [0.1, 0.15) is 53.4 Å². The highest BCUT2D eigenvalue weighted by Crippen LogP contribution is 2.29. The summed E-state index contributed by atoms with van der Waals surface area (Å²) in [7, 11) is 2.21. The Bertz CT molecular complexity index is 399. The first-order valence-corrected chi connectivity index (χ1v) is 10.5. The number of guanidine groups is 1. The maximum Gasteiger partial charge on any atom is 0.191 e. The number of halogens is 1. The number of nitrogens with one attached hydrogen (secondary N) is 2. The summed E-state index contributed by atoms with van der Waals surface area (Å²) in [6.45, 7) is 15.7. The van der Waals surface area contributed by atoms with Gasteiger partial charge in [-0.2, -0.15) is 0 Å². The first kappa shape index (κ1) is 24.0. The molecule has 6 heteroatoms. The van der Waals surface area contributed by atoms with Gasteiger partial charge in [-0.15, -0.1) is 24.0 Å². The molecule has 0 bridgehead atoms. The van der Waals surface area contributed by atoms with E-state index in [1.54, 1.807) is 0 Å². The molecule has 2 aliphatic rings. The third-order valence-corrected chi connectivity index (χ3v) is 6.07. The summed E-state index contributed by atoms with van der Waals surface area (Å²) < 4.78 is 0. The Morgan fingerprint density at radius 2 is 1.65 bits per heavy atom. The summed E-state index contributed by atoms with van der Waals surface area (Å²) in [5.41, 5.74) is 0. The lowest BCUT2D eigenvalue weighted by atomic mass is 9.80. The minimum Gasteiger partial charge on any atom is -0.357 e. The Hall–Kier alpha value is -0.0800. The van der Waals surface area contributed by atoms with Crippen molar-refractivity contribution < 1.29 is 0 Å². The summed E-state index contributed by atoms with van der Waals surface area (Å²) in [5, 5.41) is 7.14. The Morgan fingerprint density at radius 1 is 1.04 bits per heavy atom. The van der Waals surface area contributed by atoms with E-state index in [1.807, 2.05) is 0 Å². The highest BCUT2D eigenvalue weighted by Gasteiger charge is 2.24. The summed E-state index contributed by atoms with van der Waals surface area (Å²) in [5.74, 6) is 2.75. The number of aliphatic imine (C=N–C) groups is 1. The predicted octanol–water partition coefficient (Wildman–Crippen LogP) is 3.01. The minimum atomic E-state index is 0. The first-order chi connectivity index (χ1) is 12.0. The van der Waals surface area contributed by atoms with Crippen molar-refractivity contribution >= 4 is 29.9 Å². The molecule has 0 radical (unpaired) electrons. The molecule has 0 spiro atoms. The van der Waals surface area contributed by atoms with E-state index in [-0.39, 0.29) is 24.0 Å². The van der Waals surface area contributed by atoms with Gasteiger partial charge in [0, 0.05) is 44.8 Å². The monoisotopic (exact) mass is 479 g/mol. The molecule has 0 aromatic heterocycles. The molecule has 0 aromatic carbocycles. The second-order valence-corrected chi connectivity index (χ2v) is 8.41. The molecule has 154 valence electrons. The van der Waals surface area contributed by atoms with Crippen LogP contribution < -0.4 is 10.6 Å². The van der Waals surface area contributed by atoms with Crippen molar-refractivity contribution in [1.82, 2.24) is 20.4 Å². The largest absolute Gasteiger partial charge is 0.357 e. The zero-order chi connectivity index (χ0) is 18.2. The molecular weight excluding hydrogens is 437 g/mol. The zero-order valence-electron chi connectivity index (χ0n) is 17.6. The third kappa shape index (κ3) is 7.89. The SMILES string of the molecule is CCNC(=NCC(C)N1CCN(C)CC1)NC1CCC(C(C)C)CC1.I. The molecule has 2 rings (SSSR count). The zero-order valence-corrected chi connectivity index (χ0v) is 20.0. The lowest BCUT2D eigenvalue weighted by Gasteiger charge is -2.36. The van der Waals surface area contributed by atoms with E-state index in [0.717, 1.165) is 44.0 Å². The van der Waals surface area contributed by atoms with E-state index in [0.29, 0.717) is 12.1 Å². The number of hydrogen-bond donors (Lipinski definition) is 2. The average Bonchev–Trinajstić information content (AvgIpc) is 2.60. The van der Waals surface area contributed by atoms with Crippen molar-refractivity contribution in [3.05, 3.63) is 0 Å². The lowest BCUT2D eigenvalue weighted by molar-refractivity contribution is 0.122. The Kier molecular flexibility index (Phi) is 11.4. The van der Waals surface area contributed by atoms with Crippen molar-refractivity contribution in [2.45, 2.75) is 65.5 Å². The quantitative estimate of drug-likeness (QED) is 0.349. The maximum atomic E-state index is 4.89. The van der Waals surface area contributed by atoms with Crippen LogP contribution in [-0.4, -0.2) is 74.2 Å². The van der Waals surface area contributed by atoms with Crippen molar-refractivity contribution in [1.29, 1.82) is 0 Å². The Labute approximate surface area is 178 Å². The van der Waals surface area contributed by atoms with E-state index < -0.39 is 0 Å². The topological polar surface area (TPSA) is 42.9 Å². The van der Waals surface area contributed by atoms with Crippen molar-refractivity contribution in [3.8, 4) is 0 Å². The number of hydrogen-bond acceptors (Lipinski definition) is 3. The molecule has 1 aliphatic heterocycles. The first-order valence-electron chi connectivity index (χ1n) is 10.5. The molecule has 2 fully saturated rings. The van der Waals surface area contributed by atoms with Crippen LogP contribution in [-0.2, 0) is 0 Å². The van der Waals surface area contributed by atoms with Crippen LogP contribution >= 0.6 is 24.0 Å². The number of nitrogens with zero attached hydrogens (tertiary/aromatic N) is 3. The molecule has 0 amide bonds. The summed E-state index contributed by atoms with van der Waals surface area (Å²) >= 11 is 0. The average molecular weight is 479 g/mol. The fourth-order valence-electron chi connectivity index (χ4n) is 4.05. The van der Waals surface area contributed by atoms with Crippen molar-refractivity contribution in [2.75, 3.05) is 46.3 Å². The van der Waals surface area contributed by atoms with Gasteiger partial charge in [-0.1, -0.05) is 13.8 Å². The van der Waals surface area contributed by atoms with Crippen molar-refractivity contribution in [3.63, 3.8) is 0 Å². The number of piperazine rings is 1. The van der Waals surface area contributed by atoms with Gasteiger partial charge in [0.25, 0.3) is 0 Å². The van der Waals surface area contributed by atoms with Crippen LogP contribution in [0.3, 0.4) is 0 Å². The van der Waals surface area contributed by atoms with Gasteiger partial charge in [-0.25, -0.2) is 0 Å². The van der Waals surface area contributed by atoms with Crippen molar-refractivity contribution in [2.24, 2.45) is 16.8 Å². The van der Waals surface area contributed by atoms with Crippen LogP contribution in [0, 0.1) is 11.8 Å². The van der Waals surface area contributed by atoms with E-state index in [2.05, 4.69) is 55.2 Å². The highest BCUT2D eigenvalue weighted by atomic mass is 127. The smallest absolute Gasteiger partial charge is 0.191 e. The van der Waals surface area contributed by atoms with Gasteiger partial charge in [-0.05, 0) is 58.4 Å². The van der Waals surface area contributed by atoms with E-state index in [4.69, 9.17) is 4.99 Å². The molecule has 1 aliphatic carbocycles. The predicted molar refractivity (Wildman–Crippen MR) is 124 cm³/mol. The second-order valence-electron chi connectivity index (χ2n) is 8.41. The van der Waals surface area contributed by atoms with E-state index in [1.165, 1.54) is 38.8 Å². The van der Waals surface area contributed by atoms with Crippen LogP contribution in [0.4, 0.5) is 0 Å². The third-order valence-electron chi connectivity index (χ3n) is 6.07. The summed E-state index contributed by atoms with van der Waals surface area (Å²) in [6.07, 6.45) is 5.27. The summed E-state index contributed by atoms with van der Waals surface area (Å²) in [4.78, 5) is 9.87. The highest BCUT2D eigenvalue weighted by molar-refractivity contribution is 14.0. The number of likely N-dealkylation sites (N-methyl/N-ethyl adjacent to an activating group) is 1. The van der Waals surface area contributed by atoms with E-state index >= 15 is 0 Å².